The maximum Gasteiger partial charge on any atom is 0.242 e. The van der Waals surface area contributed by atoms with Crippen LogP contribution in [0.5, 0.6) is 11.5 Å². The van der Waals surface area contributed by atoms with E-state index < -0.39 is 10.0 Å². The first-order chi connectivity index (χ1) is 14.0. The molecule has 0 fully saturated rings. The number of anilines is 1. The molecule has 0 bridgehead atoms. The van der Waals surface area contributed by atoms with Crippen LogP contribution in [0.4, 0.5) is 11.4 Å². The number of hydrogen-bond donors (Lipinski definition) is 1. The van der Waals surface area contributed by atoms with E-state index in [1.54, 1.807) is 54.9 Å². The van der Waals surface area contributed by atoms with Crippen LogP contribution in [-0.2, 0) is 16.4 Å². The zero-order valence-corrected chi connectivity index (χ0v) is 17.5. The van der Waals surface area contributed by atoms with E-state index in [0.29, 0.717) is 28.6 Å². The summed E-state index contributed by atoms with van der Waals surface area (Å²) in [7, 11) is -3.53. The molecule has 1 aliphatic rings. The van der Waals surface area contributed by atoms with Crippen molar-refractivity contribution >= 4 is 49.8 Å². The summed E-state index contributed by atoms with van der Waals surface area (Å²) >= 11 is 7.18. The lowest BCUT2D eigenvalue weighted by Gasteiger charge is -2.09. The Kier molecular flexibility index (Phi) is 5.75. The number of nitrogens with one attached hydrogen (secondary N) is 1. The highest BCUT2D eigenvalue weighted by atomic mass is 35.5. The van der Waals surface area contributed by atoms with Crippen LogP contribution in [0, 0.1) is 0 Å². The van der Waals surface area contributed by atoms with E-state index in [2.05, 4.69) is 14.7 Å². The fraction of sp³-hybridized carbons (Fsp3) is 0.100. The smallest absolute Gasteiger partial charge is 0.242 e. The molecule has 0 spiro atoms. The second-order valence-electron chi connectivity index (χ2n) is 6.25. The molecule has 0 unspecified atom stereocenters. The molecule has 0 aliphatic carbocycles. The zero-order chi connectivity index (χ0) is 20.3. The average Bonchev–Trinajstić information content (AvgIpc) is 3.11. The number of thioether (sulfide) groups is 1. The first-order valence-electron chi connectivity index (χ1n) is 8.64. The largest absolute Gasteiger partial charge is 0.456 e. The summed E-state index contributed by atoms with van der Waals surface area (Å²) in [6.45, 7) is 0. The Morgan fingerprint density at radius 3 is 2.69 bits per heavy atom. The molecular weight excluding hydrogens is 430 g/mol. The fourth-order valence-electron chi connectivity index (χ4n) is 2.70. The van der Waals surface area contributed by atoms with Crippen LogP contribution < -0.4 is 9.46 Å². The summed E-state index contributed by atoms with van der Waals surface area (Å²) in [5.74, 6) is 1.20. The standard InChI is InChI=1S/C20H16ClN3O3S2/c21-15-4-3-14-10-20(23-19(14)11-15)28-13-29(25,26)24-16-5-7-17(8-6-16)27-18-2-1-9-22-12-18/h1-9,11-12,24H,10,13H2. The van der Waals surface area contributed by atoms with Crippen LogP contribution in [0.2, 0.25) is 5.02 Å². The summed E-state index contributed by atoms with van der Waals surface area (Å²) in [5, 5.41) is 1.25. The van der Waals surface area contributed by atoms with E-state index in [9.17, 15) is 8.42 Å². The van der Waals surface area contributed by atoms with Crippen LogP contribution in [0.15, 0.2) is 72.0 Å². The highest BCUT2D eigenvalue weighted by Gasteiger charge is 2.19. The van der Waals surface area contributed by atoms with Gasteiger partial charge in [-0.3, -0.25) is 9.71 Å². The molecule has 0 saturated carbocycles. The third kappa shape index (κ3) is 5.29. The number of sulfonamides is 1. The Labute approximate surface area is 178 Å². The Hall–Kier alpha value is -2.55. The first-order valence-corrected chi connectivity index (χ1v) is 11.7. The number of nitrogens with zero attached hydrogens (tertiary/aromatic N) is 2. The normalized spacial score (nSPS) is 12.9. The molecule has 0 radical (unpaired) electrons. The van der Waals surface area contributed by atoms with E-state index in [1.807, 2.05) is 12.1 Å². The lowest BCUT2D eigenvalue weighted by atomic mass is 10.2. The van der Waals surface area contributed by atoms with Gasteiger partial charge in [0.05, 0.1) is 16.9 Å². The molecule has 3 aromatic rings. The minimum absolute atomic E-state index is 0.124. The molecular formula is C20H16ClN3O3S2. The van der Waals surface area contributed by atoms with Crippen LogP contribution in [0.1, 0.15) is 5.56 Å². The monoisotopic (exact) mass is 445 g/mol. The molecule has 0 atom stereocenters. The molecule has 4 rings (SSSR count). The molecule has 1 aromatic heterocycles. The number of pyridine rings is 1. The molecule has 9 heteroatoms. The summed E-state index contributed by atoms with van der Waals surface area (Å²) in [5.41, 5.74) is 2.31. The van der Waals surface area contributed by atoms with Crippen molar-refractivity contribution in [3.63, 3.8) is 0 Å². The van der Waals surface area contributed by atoms with Gasteiger partial charge in [0.1, 0.15) is 16.6 Å². The highest BCUT2D eigenvalue weighted by molar-refractivity contribution is 8.22. The minimum Gasteiger partial charge on any atom is -0.456 e. The predicted octanol–water partition coefficient (Wildman–Crippen LogP) is 5.25. The third-order valence-corrected chi connectivity index (χ3v) is 7.08. The summed E-state index contributed by atoms with van der Waals surface area (Å²) < 4.78 is 33.0. The number of aromatic nitrogens is 1. The molecule has 6 nitrogen and oxygen atoms in total. The van der Waals surface area contributed by atoms with Gasteiger partial charge in [0, 0.05) is 23.3 Å². The Bertz CT molecular complexity index is 1150. The maximum absolute atomic E-state index is 12.4. The first kappa shape index (κ1) is 19.8. The summed E-state index contributed by atoms with van der Waals surface area (Å²) in [4.78, 5) is 8.44. The van der Waals surface area contributed by atoms with Crippen molar-refractivity contribution in [2.24, 2.45) is 4.99 Å². The van der Waals surface area contributed by atoms with Gasteiger partial charge in [-0.1, -0.05) is 29.4 Å². The van der Waals surface area contributed by atoms with E-state index >= 15 is 0 Å². The summed E-state index contributed by atoms with van der Waals surface area (Å²) in [6.07, 6.45) is 3.88. The van der Waals surface area contributed by atoms with Gasteiger partial charge in [0.2, 0.25) is 10.0 Å². The number of hydrogen-bond acceptors (Lipinski definition) is 6. The molecule has 0 amide bonds. The van der Waals surface area contributed by atoms with Gasteiger partial charge in [-0.05, 0) is 54.1 Å². The number of aliphatic imine (C=N–C) groups is 1. The van der Waals surface area contributed by atoms with Crippen LogP contribution in [-0.4, -0.2) is 23.5 Å². The third-order valence-electron chi connectivity index (χ3n) is 4.01. The zero-order valence-electron chi connectivity index (χ0n) is 15.1. The van der Waals surface area contributed by atoms with E-state index in [0.717, 1.165) is 16.3 Å². The molecule has 2 aromatic carbocycles. The van der Waals surface area contributed by atoms with Gasteiger partial charge in [0.25, 0.3) is 0 Å². The van der Waals surface area contributed by atoms with Crippen molar-refractivity contribution in [2.45, 2.75) is 6.42 Å². The lowest BCUT2D eigenvalue weighted by molar-refractivity contribution is 0.480. The topological polar surface area (TPSA) is 80.7 Å². The van der Waals surface area contributed by atoms with E-state index in [4.69, 9.17) is 16.3 Å². The maximum atomic E-state index is 12.4. The van der Waals surface area contributed by atoms with Crippen molar-refractivity contribution in [3.8, 4) is 11.5 Å². The second-order valence-corrected chi connectivity index (χ2v) is 9.82. The number of benzene rings is 2. The molecule has 1 aliphatic heterocycles. The Morgan fingerprint density at radius 2 is 1.93 bits per heavy atom. The van der Waals surface area contributed by atoms with E-state index in [1.165, 1.54) is 11.8 Å². The summed E-state index contributed by atoms with van der Waals surface area (Å²) in [6, 6.07) is 15.8. The second kappa shape index (κ2) is 8.44. The van der Waals surface area contributed by atoms with Crippen molar-refractivity contribution in [1.29, 1.82) is 0 Å². The minimum atomic E-state index is -3.53. The number of rotatable bonds is 6. The van der Waals surface area contributed by atoms with Gasteiger partial charge in [-0.25, -0.2) is 13.4 Å². The average molecular weight is 446 g/mol. The van der Waals surface area contributed by atoms with Crippen molar-refractivity contribution < 1.29 is 13.2 Å². The Balaban J connectivity index is 1.33. The lowest BCUT2D eigenvalue weighted by Crippen LogP contribution is -2.16. The van der Waals surface area contributed by atoms with Gasteiger partial charge in [0.15, 0.2) is 0 Å². The van der Waals surface area contributed by atoms with Gasteiger partial charge in [-0.15, -0.1) is 0 Å². The van der Waals surface area contributed by atoms with Crippen LogP contribution in [0.25, 0.3) is 0 Å². The van der Waals surface area contributed by atoms with Crippen molar-refractivity contribution in [1.82, 2.24) is 4.98 Å². The Morgan fingerprint density at radius 1 is 1.10 bits per heavy atom. The van der Waals surface area contributed by atoms with Gasteiger partial charge >= 0.3 is 0 Å². The molecule has 0 saturated heterocycles. The molecule has 1 N–H and O–H groups in total. The highest BCUT2D eigenvalue weighted by Crippen LogP contribution is 2.33. The fourth-order valence-corrected chi connectivity index (χ4v) is 5.18. The van der Waals surface area contributed by atoms with Crippen molar-refractivity contribution in [3.05, 3.63) is 77.6 Å². The van der Waals surface area contributed by atoms with Gasteiger partial charge < -0.3 is 4.74 Å². The number of fused-ring (bicyclic) bond motifs is 1. The molecule has 29 heavy (non-hydrogen) atoms. The van der Waals surface area contributed by atoms with Gasteiger partial charge in [-0.2, -0.15) is 0 Å². The number of ether oxygens (including phenoxy) is 1. The predicted molar refractivity (Wildman–Crippen MR) is 118 cm³/mol. The van der Waals surface area contributed by atoms with E-state index in [-0.39, 0.29) is 5.08 Å². The SMILES string of the molecule is O=S(=O)(CSC1=Nc2cc(Cl)ccc2C1)Nc1ccc(Oc2cccnc2)cc1. The van der Waals surface area contributed by atoms with Crippen molar-refractivity contribution in [2.75, 3.05) is 9.81 Å². The van der Waals surface area contributed by atoms with Crippen LogP contribution in [0.3, 0.4) is 0 Å². The van der Waals surface area contributed by atoms with Crippen LogP contribution >= 0.6 is 23.4 Å². The quantitative estimate of drug-likeness (QED) is 0.560. The molecule has 148 valence electrons. The number of halogens is 1. The molecule has 2 heterocycles.